The van der Waals surface area contributed by atoms with Crippen LogP contribution in [0.2, 0.25) is 0 Å². The highest BCUT2D eigenvalue weighted by atomic mass is 16.5. The van der Waals surface area contributed by atoms with Gasteiger partial charge in [0, 0.05) is 5.56 Å². The van der Waals surface area contributed by atoms with Crippen molar-refractivity contribution in [1.29, 1.82) is 0 Å². The first-order chi connectivity index (χ1) is 10.7. The molecule has 0 saturated carbocycles. The zero-order valence-corrected chi connectivity index (χ0v) is 12.8. The van der Waals surface area contributed by atoms with E-state index in [-0.39, 0.29) is 0 Å². The van der Waals surface area contributed by atoms with E-state index in [1.807, 2.05) is 12.1 Å². The van der Waals surface area contributed by atoms with E-state index in [4.69, 9.17) is 5.21 Å². The molecule has 1 aliphatic carbocycles. The maximum Gasteiger partial charge on any atom is 0.274 e. The van der Waals surface area contributed by atoms with Crippen molar-refractivity contribution in [2.45, 2.75) is 32.6 Å². The summed E-state index contributed by atoms with van der Waals surface area (Å²) in [5.74, 6) is 0.172. The van der Waals surface area contributed by atoms with Gasteiger partial charge in [-0.1, -0.05) is 35.9 Å². The van der Waals surface area contributed by atoms with Crippen LogP contribution >= 0.6 is 0 Å². The van der Waals surface area contributed by atoms with Crippen molar-refractivity contribution in [2.24, 2.45) is 5.92 Å². The van der Waals surface area contributed by atoms with E-state index in [9.17, 15) is 4.79 Å². The average molecular weight is 295 g/mol. The van der Waals surface area contributed by atoms with E-state index in [1.165, 1.54) is 28.7 Å². The van der Waals surface area contributed by atoms with Crippen molar-refractivity contribution in [3.05, 3.63) is 70.3 Å². The Morgan fingerprint density at radius 1 is 1.23 bits per heavy atom. The Bertz CT molecular complexity index is 694. The number of benzene rings is 2. The SMILES string of the molecule is Cc1cccc(CC2CCc3ccc(C(=O)NO)cc3C2)c1. The number of rotatable bonds is 3. The van der Waals surface area contributed by atoms with Crippen LogP contribution in [0.1, 0.15) is 39.0 Å². The second-order valence-corrected chi connectivity index (χ2v) is 6.23. The third kappa shape index (κ3) is 3.20. The minimum Gasteiger partial charge on any atom is -0.288 e. The molecule has 1 atom stereocenters. The van der Waals surface area contributed by atoms with Crippen molar-refractivity contribution >= 4 is 5.91 Å². The number of carbonyl (C=O) groups is 1. The summed E-state index contributed by atoms with van der Waals surface area (Å²) < 4.78 is 0. The number of fused-ring (bicyclic) bond motifs is 1. The molecule has 2 aromatic rings. The molecule has 1 aliphatic rings. The smallest absolute Gasteiger partial charge is 0.274 e. The van der Waals surface area contributed by atoms with Crippen LogP contribution in [0.5, 0.6) is 0 Å². The van der Waals surface area contributed by atoms with Gasteiger partial charge in [-0.25, -0.2) is 5.48 Å². The molecule has 3 rings (SSSR count). The summed E-state index contributed by atoms with van der Waals surface area (Å²) >= 11 is 0. The maximum atomic E-state index is 11.5. The third-order valence-electron chi connectivity index (χ3n) is 4.51. The van der Waals surface area contributed by atoms with E-state index in [1.54, 1.807) is 11.5 Å². The van der Waals surface area contributed by atoms with Crippen molar-refractivity contribution in [1.82, 2.24) is 5.48 Å². The van der Waals surface area contributed by atoms with Crippen LogP contribution in [-0.4, -0.2) is 11.1 Å². The lowest BCUT2D eigenvalue weighted by Crippen LogP contribution is -2.21. The zero-order chi connectivity index (χ0) is 15.5. The number of hydrogen-bond acceptors (Lipinski definition) is 2. The zero-order valence-electron chi connectivity index (χ0n) is 12.8. The molecule has 0 spiro atoms. The molecule has 114 valence electrons. The van der Waals surface area contributed by atoms with Gasteiger partial charge >= 0.3 is 0 Å². The fraction of sp³-hybridized carbons (Fsp3) is 0.316. The van der Waals surface area contributed by atoms with Crippen molar-refractivity contribution in [3.63, 3.8) is 0 Å². The summed E-state index contributed by atoms with van der Waals surface area (Å²) in [6.45, 7) is 2.12. The number of hydrogen-bond donors (Lipinski definition) is 2. The Hall–Kier alpha value is -2.13. The Balaban J connectivity index is 1.76. The quantitative estimate of drug-likeness (QED) is 0.673. The summed E-state index contributed by atoms with van der Waals surface area (Å²) in [6, 6.07) is 14.4. The van der Waals surface area contributed by atoms with Gasteiger partial charge in [0.15, 0.2) is 0 Å². The lowest BCUT2D eigenvalue weighted by Gasteiger charge is -2.25. The first-order valence-electron chi connectivity index (χ1n) is 7.77. The fourth-order valence-electron chi connectivity index (χ4n) is 3.38. The molecule has 1 amide bonds. The van der Waals surface area contributed by atoms with Crippen molar-refractivity contribution in [2.75, 3.05) is 0 Å². The van der Waals surface area contributed by atoms with Crippen LogP contribution < -0.4 is 5.48 Å². The van der Waals surface area contributed by atoms with Crippen molar-refractivity contribution in [3.8, 4) is 0 Å². The van der Waals surface area contributed by atoms with Gasteiger partial charge in [-0.3, -0.25) is 10.0 Å². The molecule has 1 unspecified atom stereocenters. The van der Waals surface area contributed by atoms with Crippen LogP contribution in [0, 0.1) is 12.8 Å². The Morgan fingerprint density at radius 3 is 2.86 bits per heavy atom. The van der Waals surface area contributed by atoms with Gasteiger partial charge in [-0.2, -0.15) is 0 Å². The molecule has 0 fully saturated rings. The highest BCUT2D eigenvalue weighted by Crippen LogP contribution is 2.29. The van der Waals surface area contributed by atoms with E-state index in [0.29, 0.717) is 11.5 Å². The minimum atomic E-state index is -0.441. The lowest BCUT2D eigenvalue weighted by molar-refractivity contribution is 0.0706. The molecular weight excluding hydrogens is 274 g/mol. The maximum absolute atomic E-state index is 11.5. The topological polar surface area (TPSA) is 49.3 Å². The molecule has 0 bridgehead atoms. The lowest BCUT2D eigenvalue weighted by atomic mass is 9.80. The summed E-state index contributed by atoms with van der Waals surface area (Å²) in [5.41, 5.74) is 7.49. The molecule has 0 heterocycles. The number of aryl methyl sites for hydroxylation is 2. The predicted octanol–water partition coefficient (Wildman–Crippen LogP) is 3.46. The molecule has 2 aromatic carbocycles. The van der Waals surface area contributed by atoms with Gasteiger partial charge < -0.3 is 0 Å². The molecule has 22 heavy (non-hydrogen) atoms. The number of amides is 1. The normalized spacial score (nSPS) is 16.9. The summed E-state index contributed by atoms with van der Waals surface area (Å²) in [6.07, 6.45) is 4.33. The van der Waals surface area contributed by atoms with Crippen LogP contribution in [0.3, 0.4) is 0 Å². The van der Waals surface area contributed by atoms with E-state index >= 15 is 0 Å². The van der Waals surface area contributed by atoms with Crippen LogP contribution in [0.4, 0.5) is 0 Å². The second-order valence-electron chi connectivity index (χ2n) is 6.23. The largest absolute Gasteiger partial charge is 0.288 e. The Labute approximate surface area is 130 Å². The molecule has 2 N–H and O–H groups in total. The molecule has 0 aromatic heterocycles. The molecule has 0 saturated heterocycles. The highest BCUT2D eigenvalue weighted by molar-refractivity contribution is 5.93. The number of carbonyl (C=O) groups excluding carboxylic acids is 1. The van der Waals surface area contributed by atoms with Gasteiger partial charge in [0.05, 0.1) is 0 Å². The van der Waals surface area contributed by atoms with E-state index < -0.39 is 5.91 Å². The highest BCUT2D eigenvalue weighted by Gasteiger charge is 2.20. The third-order valence-corrected chi connectivity index (χ3v) is 4.51. The second kappa shape index (κ2) is 6.32. The summed E-state index contributed by atoms with van der Waals surface area (Å²) in [7, 11) is 0. The van der Waals surface area contributed by atoms with Crippen LogP contribution in [0.25, 0.3) is 0 Å². The molecule has 3 heteroatoms. The predicted molar refractivity (Wildman–Crippen MR) is 86.1 cm³/mol. The standard InChI is InChI=1S/C19H21NO2/c1-13-3-2-4-14(9-13)10-15-5-6-16-7-8-17(19(21)20-22)12-18(16)11-15/h2-4,7-9,12,15,22H,5-6,10-11H2,1H3,(H,20,21). The molecular formula is C19H21NO2. The van der Waals surface area contributed by atoms with E-state index in [2.05, 4.69) is 31.2 Å². The monoisotopic (exact) mass is 295 g/mol. The molecule has 0 aliphatic heterocycles. The van der Waals surface area contributed by atoms with Crippen LogP contribution in [0.15, 0.2) is 42.5 Å². The van der Waals surface area contributed by atoms with Crippen molar-refractivity contribution < 1.29 is 10.0 Å². The van der Waals surface area contributed by atoms with Gasteiger partial charge in [0.2, 0.25) is 0 Å². The average Bonchev–Trinajstić information content (AvgIpc) is 2.53. The Kier molecular flexibility index (Phi) is 4.25. The fourth-order valence-corrected chi connectivity index (χ4v) is 3.38. The first kappa shape index (κ1) is 14.8. The minimum absolute atomic E-state index is 0.441. The number of nitrogens with one attached hydrogen (secondary N) is 1. The molecule has 0 radical (unpaired) electrons. The van der Waals surface area contributed by atoms with Gasteiger partial charge in [-0.05, 0) is 67.3 Å². The Morgan fingerprint density at radius 2 is 2.09 bits per heavy atom. The summed E-state index contributed by atoms with van der Waals surface area (Å²) in [5, 5.41) is 8.77. The first-order valence-corrected chi connectivity index (χ1v) is 7.77. The van der Waals surface area contributed by atoms with Gasteiger partial charge in [0.25, 0.3) is 5.91 Å². The van der Waals surface area contributed by atoms with Gasteiger partial charge in [-0.15, -0.1) is 0 Å². The molecule has 3 nitrogen and oxygen atoms in total. The van der Waals surface area contributed by atoms with Gasteiger partial charge in [0.1, 0.15) is 0 Å². The van der Waals surface area contributed by atoms with E-state index in [0.717, 1.165) is 19.3 Å². The summed E-state index contributed by atoms with van der Waals surface area (Å²) in [4.78, 5) is 11.5. The van der Waals surface area contributed by atoms with Crippen LogP contribution in [-0.2, 0) is 19.3 Å². The number of hydroxylamine groups is 1.